The average molecular weight is 180 g/mol. The third kappa shape index (κ3) is 3.53. The highest BCUT2D eigenvalue weighted by Gasteiger charge is 2.05. The number of rotatable bonds is 5. The van der Waals surface area contributed by atoms with E-state index >= 15 is 0 Å². The van der Waals surface area contributed by atoms with Gasteiger partial charge in [-0.3, -0.25) is 4.98 Å². The molecule has 1 heterocycles. The molecule has 0 aliphatic carbocycles. The largest absolute Gasteiger partial charge is 0.388 e. The molecule has 0 aliphatic rings. The zero-order valence-electron chi connectivity index (χ0n) is 7.90. The molecule has 13 heavy (non-hydrogen) atoms. The van der Waals surface area contributed by atoms with Crippen LogP contribution in [-0.2, 0) is 0 Å². The first-order valence-electron chi connectivity index (χ1n) is 4.57. The number of nitrogens with zero attached hydrogens (tertiary/aromatic N) is 1. The summed E-state index contributed by atoms with van der Waals surface area (Å²) >= 11 is 0. The quantitative estimate of drug-likeness (QED) is 0.667. The maximum absolute atomic E-state index is 9.69. The molecule has 0 saturated carbocycles. The van der Waals surface area contributed by atoms with E-state index < -0.39 is 0 Å². The lowest BCUT2D eigenvalue weighted by molar-refractivity contribution is 0.164. The van der Waals surface area contributed by atoms with Gasteiger partial charge in [0.15, 0.2) is 0 Å². The zero-order chi connectivity index (χ0) is 9.52. The highest BCUT2D eigenvalue weighted by molar-refractivity contribution is 5.12. The summed E-state index contributed by atoms with van der Waals surface area (Å²) in [4.78, 5) is 3.90. The maximum Gasteiger partial charge on any atom is 0.0791 e. The molecule has 0 bridgehead atoms. The fourth-order valence-electron chi connectivity index (χ4n) is 1.22. The van der Waals surface area contributed by atoms with Gasteiger partial charge in [-0.15, -0.1) is 0 Å². The van der Waals surface area contributed by atoms with Crippen LogP contribution in [0.5, 0.6) is 0 Å². The Morgan fingerprint density at radius 2 is 2.15 bits per heavy atom. The van der Waals surface area contributed by atoms with E-state index in [1.165, 1.54) is 0 Å². The number of pyridine rings is 1. The molecule has 0 saturated heterocycles. The summed E-state index contributed by atoms with van der Waals surface area (Å²) in [5.74, 6) is 0. The fourth-order valence-corrected chi connectivity index (χ4v) is 1.22. The highest BCUT2D eigenvalue weighted by atomic mass is 16.3. The second kappa shape index (κ2) is 5.67. The molecule has 72 valence electrons. The van der Waals surface area contributed by atoms with Gasteiger partial charge in [0, 0.05) is 12.4 Å². The molecule has 1 aromatic rings. The Labute approximate surface area is 78.8 Å². The molecule has 1 aromatic heterocycles. The minimum absolute atomic E-state index is 0.351. The van der Waals surface area contributed by atoms with Gasteiger partial charge in [-0.2, -0.15) is 0 Å². The first-order valence-corrected chi connectivity index (χ1v) is 4.57. The zero-order valence-corrected chi connectivity index (χ0v) is 7.90. The smallest absolute Gasteiger partial charge is 0.0791 e. The van der Waals surface area contributed by atoms with Crippen LogP contribution in [0.4, 0.5) is 0 Å². The van der Waals surface area contributed by atoms with Crippen LogP contribution < -0.4 is 5.32 Å². The summed E-state index contributed by atoms with van der Waals surface area (Å²) in [6, 6.07) is 3.70. The van der Waals surface area contributed by atoms with Gasteiger partial charge in [0.1, 0.15) is 0 Å². The van der Waals surface area contributed by atoms with E-state index in [0.29, 0.717) is 0 Å². The van der Waals surface area contributed by atoms with Crippen LogP contribution in [0, 0.1) is 0 Å². The second-order valence-corrected chi connectivity index (χ2v) is 3.04. The lowest BCUT2D eigenvalue weighted by Gasteiger charge is -2.09. The molecule has 3 heteroatoms. The molecular formula is C10H16N2O. The van der Waals surface area contributed by atoms with Crippen molar-refractivity contribution < 1.29 is 5.11 Å². The molecule has 1 unspecified atom stereocenters. The van der Waals surface area contributed by atoms with E-state index in [4.69, 9.17) is 0 Å². The van der Waals surface area contributed by atoms with Crippen LogP contribution >= 0.6 is 0 Å². The van der Waals surface area contributed by atoms with Crippen molar-refractivity contribution in [3.05, 3.63) is 30.1 Å². The van der Waals surface area contributed by atoms with Crippen molar-refractivity contribution in [2.45, 2.75) is 18.9 Å². The minimum atomic E-state index is -0.351. The molecule has 1 rings (SSSR count). The first kappa shape index (κ1) is 10.2. The van der Waals surface area contributed by atoms with Crippen molar-refractivity contribution in [1.29, 1.82) is 0 Å². The molecule has 0 amide bonds. The Kier molecular flexibility index (Phi) is 4.43. The normalized spacial score (nSPS) is 12.8. The van der Waals surface area contributed by atoms with Gasteiger partial charge in [0.25, 0.3) is 0 Å². The van der Waals surface area contributed by atoms with Crippen molar-refractivity contribution in [1.82, 2.24) is 10.3 Å². The molecule has 0 aromatic carbocycles. The summed E-state index contributed by atoms with van der Waals surface area (Å²) in [6.07, 6.45) is 4.84. The number of nitrogens with one attached hydrogen (secondary N) is 1. The maximum atomic E-state index is 9.69. The number of hydrogen-bond acceptors (Lipinski definition) is 3. The molecule has 1 atom stereocenters. The van der Waals surface area contributed by atoms with E-state index in [-0.39, 0.29) is 6.10 Å². The van der Waals surface area contributed by atoms with Gasteiger partial charge >= 0.3 is 0 Å². The Hall–Kier alpha value is -0.930. The lowest BCUT2D eigenvalue weighted by atomic mass is 10.1. The third-order valence-corrected chi connectivity index (χ3v) is 2.00. The van der Waals surface area contributed by atoms with E-state index in [9.17, 15) is 5.11 Å². The summed E-state index contributed by atoms with van der Waals surface area (Å²) in [5, 5.41) is 12.7. The number of hydrogen-bond donors (Lipinski definition) is 2. The Morgan fingerprint density at radius 1 is 1.46 bits per heavy atom. The summed E-state index contributed by atoms with van der Waals surface area (Å²) in [6.45, 7) is 0.947. The second-order valence-electron chi connectivity index (χ2n) is 3.04. The van der Waals surface area contributed by atoms with Crippen LogP contribution in [-0.4, -0.2) is 23.7 Å². The van der Waals surface area contributed by atoms with Crippen molar-refractivity contribution >= 4 is 0 Å². The molecule has 0 aliphatic heterocycles. The first-order chi connectivity index (χ1) is 6.34. The monoisotopic (exact) mass is 180 g/mol. The predicted octanol–water partition coefficient (Wildman–Crippen LogP) is 1.11. The number of aromatic nitrogens is 1. The SMILES string of the molecule is CNCCCC(O)c1ccncc1. The highest BCUT2D eigenvalue weighted by Crippen LogP contribution is 2.16. The lowest BCUT2D eigenvalue weighted by Crippen LogP contribution is -2.09. The Balaban J connectivity index is 2.35. The van der Waals surface area contributed by atoms with E-state index in [1.807, 2.05) is 19.2 Å². The van der Waals surface area contributed by atoms with E-state index in [0.717, 1.165) is 24.9 Å². The van der Waals surface area contributed by atoms with Crippen molar-refractivity contribution in [3.63, 3.8) is 0 Å². The van der Waals surface area contributed by atoms with Crippen molar-refractivity contribution in [2.75, 3.05) is 13.6 Å². The average Bonchev–Trinajstić information content (AvgIpc) is 2.19. The number of aliphatic hydroxyl groups excluding tert-OH is 1. The molecule has 0 radical (unpaired) electrons. The molecule has 2 N–H and O–H groups in total. The molecule has 0 spiro atoms. The molecular weight excluding hydrogens is 164 g/mol. The predicted molar refractivity (Wildman–Crippen MR) is 52.4 cm³/mol. The van der Waals surface area contributed by atoms with Gasteiger partial charge in [-0.1, -0.05) is 0 Å². The van der Waals surface area contributed by atoms with Crippen molar-refractivity contribution in [2.24, 2.45) is 0 Å². The van der Waals surface area contributed by atoms with Gasteiger partial charge in [-0.25, -0.2) is 0 Å². The van der Waals surface area contributed by atoms with Crippen LogP contribution in [0.2, 0.25) is 0 Å². The van der Waals surface area contributed by atoms with Crippen LogP contribution in [0.15, 0.2) is 24.5 Å². The molecule has 0 fully saturated rings. The Morgan fingerprint density at radius 3 is 2.77 bits per heavy atom. The molecule has 3 nitrogen and oxygen atoms in total. The van der Waals surface area contributed by atoms with Gasteiger partial charge < -0.3 is 10.4 Å². The van der Waals surface area contributed by atoms with Crippen LogP contribution in [0.1, 0.15) is 24.5 Å². The number of aliphatic hydroxyl groups is 1. The van der Waals surface area contributed by atoms with Gasteiger partial charge in [0.05, 0.1) is 6.10 Å². The van der Waals surface area contributed by atoms with Crippen LogP contribution in [0.25, 0.3) is 0 Å². The standard InChI is InChI=1S/C10H16N2O/c1-11-6-2-3-10(13)9-4-7-12-8-5-9/h4-5,7-8,10-11,13H,2-3,6H2,1H3. The van der Waals surface area contributed by atoms with E-state index in [2.05, 4.69) is 10.3 Å². The third-order valence-electron chi connectivity index (χ3n) is 2.00. The van der Waals surface area contributed by atoms with Gasteiger partial charge in [0.2, 0.25) is 0 Å². The Bertz CT molecular complexity index is 226. The summed E-state index contributed by atoms with van der Waals surface area (Å²) in [5.41, 5.74) is 0.950. The van der Waals surface area contributed by atoms with Crippen LogP contribution in [0.3, 0.4) is 0 Å². The van der Waals surface area contributed by atoms with Gasteiger partial charge in [-0.05, 0) is 44.1 Å². The summed E-state index contributed by atoms with van der Waals surface area (Å²) < 4.78 is 0. The van der Waals surface area contributed by atoms with E-state index in [1.54, 1.807) is 12.4 Å². The fraction of sp³-hybridized carbons (Fsp3) is 0.500. The topological polar surface area (TPSA) is 45.1 Å². The summed E-state index contributed by atoms with van der Waals surface area (Å²) in [7, 11) is 1.92. The minimum Gasteiger partial charge on any atom is -0.388 e. The van der Waals surface area contributed by atoms with Crippen molar-refractivity contribution in [3.8, 4) is 0 Å².